The van der Waals surface area contributed by atoms with Crippen LogP contribution in [-0.2, 0) is 4.74 Å². The number of hydrogen-bond donors (Lipinski definition) is 0. The minimum Gasteiger partial charge on any atom is -0.379 e. The van der Waals surface area contributed by atoms with Gasteiger partial charge in [-0.3, -0.25) is 4.90 Å². The zero-order chi connectivity index (χ0) is 18.8. The Balaban J connectivity index is 1.82. The molecule has 0 radical (unpaired) electrons. The van der Waals surface area contributed by atoms with Gasteiger partial charge in [-0.05, 0) is 52.7 Å². The molecule has 0 unspecified atom stereocenters. The summed E-state index contributed by atoms with van der Waals surface area (Å²) in [6.45, 7) is 4.98. The molecular weight excluding hydrogens is 385 g/mol. The number of hydrogen-bond acceptors (Lipinski definition) is 5. The molecular formula is C19H19Cl2N5O. The van der Waals surface area contributed by atoms with Crippen molar-refractivity contribution in [1.29, 1.82) is 0 Å². The van der Waals surface area contributed by atoms with E-state index in [0.29, 0.717) is 23.3 Å². The summed E-state index contributed by atoms with van der Waals surface area (Å²) in [6.07, 6.45) is 0. The molecule has 140 valence electrons. The Kier molecular flexibility index (Phi) is 5.41. The van der Waals surface area contributed by atoms with Gasteiger partial charge in [0.25, 0.3) is 0 Å². The fraction of sp³-hybridized carbons (Fsp3) is 0.316. The van der Waals surface area contributed by atoms with E-state index in [1.807, 2.05) is 49.4 Å². The summed E-state index contributed by atoms with van der Waals surface area (Å²) in [5.74, 6) is 0.740. The summed E-state index contributed by atoms with van der Waals surface area (Å²) in [4.78, 5) is 2.33. The molecule has 8 heteroatoms. The Labute approximate surface area is 167 Å². The standard InChI is InChI=1S/C19H19Cl2N5O/c1-13-2-5-16(21)12-17(13)26-19(22-23-24-26)18(25-8-10-27-11-9-25)14-3-6-15(20)7-4-14/h2-7,12,18H,8-11H2,1H3/t18-/m1/s1. The molecule has 0 spiro atoms. The average Bonchev–Trinajstić information content (AvgIpc) is 3.15. The van der Waals surface area contributed by atoms with Gasteiger partial charge in [0.05, 0.1) is 24.9 Å². The van der Waals surface area contributed by atoms with Crippen LogP contribution in [0.1, 0.15) is 23.0 Å². The number of morpholine rings is 1. The summed E-state index contributed by atoms with van der Waals surface area (Å²) in [7, 11) is 0. The maximum Gasteiger partial charge on any atom is 0.178 e. The third-order valence-corrected chi connectivity index (χ3v) is 5.22. The van der Waals surface area contributed by atoms with Gasteiger partial charge in [0.15, 0.2) is 5.82 Å². The van der Waals surface area contributed by atoms with Crippen molar-refractivity contribution in [2.45, 2.75) is 13.0 Å². The minimum absolute atomic E-state index is 0.112. The van der Waals surface area contributed by atoms with Crippen molar-refractivity contribution in [3.8, 4) is 5.69 Å². The topological polar surface area (TPSA) is 56.1 Å². The second kappa shape index (κ2) is 7.94. The molecule has 1 aromatic heterocycles. The number of aryl methyl sites for hydroxylation is 1. The SMILES string of the molecule is Cc1ccc(Cl)cc1-n1nnnc1[C@@H](c1ccc(Cl)cc1)N1CCOCC1. The quantitative estimate of drug-likeness (QED) is 0.664. The number of benzene rings is 2. The predicted molar refractivity (Wildman–Crippen MR) is 105 cm³/mol. The van der Waals surface area contributed by atoms with Gasteiger partial charge in [0.1, 0.15) is 0 Å². The third kappa shape index (κ3) is 3.84. The first-order chi connectivity index (χ1) is 13.1. The fourth-order valence-corrected chi connectivity index (χ4v) is 3.64. The molecule has 2 aromatic carbocycles. The van der Waals surface area contributed by atoms with Gasteiger partial charge in [0.2, 0.25) is 0 Å². The van der Waals surface area contributed by atoms with Crippen molar-refractivity contribution in [3.63, 3.8) is 0 Å². The van der Waals surface area contributed by atoms with Gasteiger partial charge in [0, 0.05) is 23.1 Å². The van der Waals surface area contributed by atoms with Crippen LogP contribution in [0.15, 0.2) is 42.5 Å². The number of nitrogens with zero attached hydrogens (tertiary/aromatic N) is 5. The molecule has 4 rings (SSSR count). The molecule has 1 saturated heterocycles. The Morgan fingerprint density at radius 1 is 1.00 bits per heavy atom. The molecule has 27 heavy (non-hydrogen) atoms. The number of tetrazole rings is 1. The second-order valence-electron chi connectivity index (χ2n) is 6.48. The molecule has 1 aliphatic heterocycles. The lowest BCUT2D eigenvalue weighted by Gasteiger charge is -2.34. The zero-order valence-electron chi connectivity index (χ0n) is 14.8. The van der Waals surface area contributed by atoms with Crippen LogP contribution in [0.4, 0.5) is 0 Å². The van der Waals surface area contributed by atoms with Gasteiger partial charge in [-0.15, -0.1) is 5.10 Å². The van der Waals surface area contributed by atoms with Crippen molar-refractivity contribution in [2.75, 3.05) is 26.3 Å². The average molecular weight is 404 g/mol. The molecule has 0 amide bonds. The highest BCUT2D eigenvalue weighted by Gasteiger charge is 2.30. The van der Waals surface area contributed by atoms with Crippen molar-refractivity contribution in [3.05, 3.63) is 69.5 Å². The van der Waals surface area contributed by atoms with Crippen LogP contribution in [-0.4, -0.2) is 51.4 Å². The van der Waals surface area contributed by atoms with E-state index in [4.69, 9.17) is 27.9 Å². The third-order valence-electron chi connectivity index (χ3n) is 4.73. The van der Waals surface area contributed by atoms with E-state index in [9.17, 15) is 0 Å². The Morgan fingerprint density at radius 2 is 1.70 bits per heavy atom. The summed E-state index contributed by atoms with van der Waals surface area (Å²) in [5, 5.41) is 13.9. The van der Waals surface area contributed by atoms with Crippen LogP contribution in [0.5, 0.6) is 0 Å². The van der Waals surface area contributed by atoms with Crippen LogP contribution in [0.25, 0.3) is 5.69 Å². The van der Waals surface area contributed by atoms with Crippen molar-refractivity contribution in [2.24, 2.45) is 0 Å². The van der Waals surface area contributed by atoms with Crippen molar-refractivity contribution < 1.29 is 4.74 Å². The van der Waals surface area contributed by atoms with Crippen LogP contribution < -0.4 is 0 Å². The van der Waals surface area contributed by atoms with Crippen molar-refractivity contribution in [1.82, 2.24) is 25.1 Å². The van der Waals surface area contributed by atoms with E-state index in [1.165, 1.54) is 0 Å². The Morgan fingerprint density at radius 3 is 2.44 bits per heavy atom. The van der Waals surface area contributed by atoms with Crippen LogP contribution in [0, 0.1) is 6.92 Å². The molecule has 1 aliphatic rings. The lowest BCUT2D eigenvalue weighted by Crippen LogP contribution is -2.40. The summed E-state index contributed by atoms with van der Waals surface area (Å²) >= 11 is 12.3. The first kappa shape index (κ1) is 18.4. The van der Waals surface area contributed by atoms with E-state index in [1.54, 1.807) is 4.68 Å². The summed E-state index contributed by atoms with van der Waals surface area (Å²) in [5.41, 5.74) is 3.00. The monoisotopic (exact) mass is 403 g/mol. The predicted octanol–water partition coefficient (Wildman–Crippen LogP) is 3.70. The maximum atomic E-state index is 6.23. The van der Waals surface area contributed by atoms with Crippen LogP contribution >= 0.6 is 23.2 Å². The van der Waals surface area contributed by atoms with Gasteiger partial charge in [-0.1, -0.05) is 41.4 Å². The van der Waals surface area contributed by atoms with E-state index < -0.39 is 0 Å². The van der Waals surface area contributed by atoms with Gasteiger partial charge in [-0.25, -0.2) is 0 Å². The first-order valence-electron chi connectivity index (χ1n) is 8.75. The van der Waals surface area contributed by atoms with Gasteiger partial charge in [-0.2, -0.15) is 4.68 Å². The minimum atomic E-state index is -0.112. The first-order valence-corrected chi connectivity index (χ1v) is 9.51. The normalized spacial score (nSPS) is 16.4. The molecule has 0 saturated carbocycles. The second-order valence-corrected chi connectivity index (χ2v) is 7.35. The molecule has 3 aromatic rings. The van der Waals surface area contributed by atoms with Crippen LogP contribution in [0.3, 0.4) is 0 Å². The smallest absolute Gasteiger partial charge is 0.178 e. The van der Waals surface area contributed by atoms with E-state index in [0.717, 1.165) is 35.7 Å². The lowest BCUT2D eigenvalue weighted by molar-refractivity contribution is 0.0220. The highest BCUT2D eigenvalue weighted by Crippen LogP contribution is 2.31. The van der Waals surface area contributed by atoms with Crippen LogP contribution in [0.2, 0.25) is 10.0 Å². The Bertz CT molecular complexity index is 922. The molecule has 2 heterocycles. The molecule has 1 fully saturated rings. The summed E-state index contributed by atoms with van der Waals surface area (Å²) < 4.78 is 7.31. The van der Waals surface area contributed by atoms with E-state index in [-0.39, 0.29) is 6.04 Å². The molecule has 0 aliphatic carbocycles. The largest absolute Gasteiger partial charge is 0.379 e. The van der Waals surface area contributed by atoms with Gasteiger partial charge >= 0.3 is 0 Å². The molecule has 0 N–H and O–H groups in total. The maximum absolute atomic E-state index is 6.23. The van der Waals surface area contributed by atoms with E-state index in [2.05, 4.69) is 20.4 Å². The molecule has 6 nitrogen and oxygen atoms in total. The highest BCUT2D eigenvalue weighted by molar-refractivity contribution is 6.31. The highest BCUT2D eigenvalue weighted by atomic mass is 35.5. The molecule has 1 atom stereocenters. The summed E-state index contributed by atoms with van der Waals surface area (Å²) in [6, 6.07) is 13.4. The number of aromatic nitrogens is 4. The zero-order valence-corrected chi connectivity index (χ0v) is 16.4. The van der Waals surface area contributed by atoms with E-state index >= 15 is 0 Å². The van der Waals surface area contributed by atoms with Gasteiger partial charge < -0.3 is 4.74 Å². The number of rotatable bonds is 4. The fourth-order valence-electron chi connectivity index (χ4n) is 3.35. The lowest BCUT2D eigenvalue weighted by atomic mass is 10.0. The number of halogens is 2. The Hall–Kier alpha value is -1.99. The number of ether oxygens (including phenoxy) is 1. The molecule has 0 bridgehead atoms. The van der Waals surface area contributed by atoms with Crippen molar-refractivity contribution >= 4 is 23.2 Å².